The molecule has 0 amide bonds. The second kappa shape index (κ2) is 6.60. The molecule has 0 aromatic heterocycles. The summed E-state index contributed by atoms with van der Waals surface area (Å²) in [4.78, 5) is 0. The van der Waals surface area contributed by atoms with Gasteiger partial charge >= 0.3 is 7.80 Å². The van der Waals surface area contributed by atoms with Crippen LogP contribution < -0.4 is 0 Å². The molecule has 0 rings (SSSR count). The van der Waals surface area contributed by atoms with E-state index in [0.717, 1.165) is 25.2 Å². The maximum absolute atomic E-state index is 11.5. The van der Waals surface area contributed by atoms with Gasteiger partial charge in [-0.05, 0) is 24.7 Å². The molecule has 0 radical (unpaired) electrons. The second-order valence-electron chi connectivity index (χ2n) is 3.87. The van der Waals surface area contributed by atoms with E-state index in [0.29, 0.717) is 11.8 Å². The van der Waals surface area contributed by atoms with Crippen molar-refractivity contribution in [3.05, 3.63) is 0 Å². The topological polar surface area (TPSA) is 17.1 Å². The summed E-state index contributed by atoms with van der Waals surface area (Å²) in [6, 6.07) is 0. The summed E-state index contributed by atoms with van der Waals surface area (Å²) >= 11 is 0. The monoisotopic (exact) mass is 189 g/mol. The molecule has 2 unspecified atom stereocenters. The van der Waals surface area contributed by atoms with Crippen molar-refractivity contribution in [1.82, 2.24) is 0 Å². The lowest BCUT2D eigenvalue weighted by Gasteiger charge is -2.02. The molecule has 0 aromatic rings. The van der Waals surface area contributed by atoms with E-state index in [9.17, 15) is 4.57 Å². The third kappa shape index (κ3) is 5.71. The van der Waals surface area contributed by atoms with Gasteiger partial charge in [-0.2, -0.15) is 0 Å². The molecule has 0 heterocycles. The Morgan fingerprint density at radius 2 is 1.33 bits per heavy atom. The quantitative estimate of drug-likeness (QED) is 0.579. The predicted octanol–water partition coefficient (Wildman–Crippen LogP) is 3.91. The van der Waals surface area contributed by atoms with E-state index >= 15 is 0 Å². The van der Waals surface area contributed by atoms with Gasteiger partial charge in [0.05, 0.1) is 0 Å². The Hall–Kier alpha value is 0.100. The molecule has 0 aromatic carbocycles. The Labute approximate surface area is 77.7 Å². The lowest BCUT2D eigenvalue weighted by atomic mass is 10.2. The molecule has 0 aliphatic rings. The van der Waals surface area contributed by atoms with Crippen LogP contribution in [0.4, 0.5) is 0 Å². The van der Waals surface area contributed by atoms with Crippen molar-refractivity contribution in [1.29, 1.82) is 0 Å². The van der Waals surface area contributed by atoms with Crippen molar-refractivity contribution in [2.45, 2.75) is 40.5 Å². The molecule has 0 fully saturated rings. The molecule has 2 heteroatoms. The van der Waals surface area contributed by atoms with Crippen molar-refractivity contribution in [3.8, 4) is 0 Å². The largest absolute Gasteiger partial charge is 0.339 e. The van der Waals surface area contributed by atoms with Gasteiger partial charge in [0, 0.05) is 0 Å². The summed E-state index contributed by atoms with van der Waals surface area (Å²) in [7, 11) is -0.921. The minimum Gasteiger partial charge on any atom is -0.0748 e. The minimum atomic E-state index is -0.921. The van der Waals surface area contributed by atoms with Crippen LogP contribution in [0.3, 0.4) is 0 Å². The first-order chi connectivity index (χ1) is 5.60. The lowest BCUT2D eigenvalue weighted by Crippen LogP contribution is -2.01. The van der Waals surface area contributed by atoms with Gasteiger partial charge in [-0.1, -0.05) is 32.3 Å². The molecule has 0 saturated carbocycles. The van der Waals surface area contributed by atoms with Crippen molar-refractivity contribution in [2.24, 2.45) is 11.8 Å². The maximum Gasteiger partial charge on any atom is 0.339 e. The van der Waals surface area contributed by atoms with E-state index < -0.39 is 7.80 Å². The zero-order chi connectivity index (χ0) is 9.56. The summed E-state index contributed by atoms with van der Waals surface area (Å²) in [6.07, 6.45) is 4.16. The maximum atomic E-state index is 11.5. The molecule has 0 N–H and O–H groups in total. The van der Waals surface area contributed by atoms with Crippen LogP contribution in [-0.2, 0) is 4.57 Å². The van der Waals surface area contributed by atoms with Crippen LogP contribution in [0.5, 0.6) is 0 Å². The first kappa shape index (κ1) is 12.1. The van der Waals surface area contributed by atoms with Gasteiger partial charge in [0.2, 0.25) is 0 Å². The Balaban J connectivity index is 3.59. The van der Waals surface area contributed by atoms with Crippen molar-refractivity contribution in [2.75, 3.05) is 12.3 Å². The average molecular weight is 189 g/mol. The van der Waals surface area contributed by atoms with Gasteiger partial charge < -0.3 is 0 Å². The van der Waals surface area contributed by atoms with E-state index in [1.54, 1.807) is 0 Å². The Kier molecular flexibility index (Phi) is 6.65. The lowest BCUT2D eigenvalue weighted by molar-refractivity contribution is 0.550. The van der Waals surface area contributed by atoms with Crippen LogP contribution in [0, 0.1) is 11.8 Å². The molecule has 1 nitrogen and oxygen atoms in total. The van der Waals surface area contributed by atoms with E-state index in [1.165, 1.54) is 0 Å². The van der Waals surface area contributed by atoms with Gasteiger partial charge in [-0.15, -0.1) is 0 Å². The van der Waals surface area contributed by atoms with Gasteiger partial charge in [-0.25, -0.2) is 0 Å². The standard InChI is InChI=1S/C10H22OP/c1-5-9(3)7-12(11)8-10(4)6-2/h9-10H,5-8H2,1-4H3/q+1. The zero-order valence-corrected chi connectivity index (χ0v) is 9.73. The summed E-state index contributed by atoms with van der Waals surface area (Å²) < 4.78 is 11.5. The van der Waals surface area contributed by atoms with E-state index in [-0.39, 0.29) is 0 Å². The van der Waals surface area contributed by atoms with Crippen LogP contribution in [-0.4, -0.2) is 12.3 Å². The van der Waals surface area contributed by atoms with Crippen molar-refractivity contribution < 1.29 is 4.57 Å². The Bertz CT molecular complexity index is 120. The Morgan fingerprint density at radius 3 is 1.58 bits per heavy atom. The number of rotatable bonds is 6. The fraction of sp³-hybridized carbons (Fsp3) is 1.00. The summed E-state index contributed by atoms with van der Waals surface area (Å²) in [5.74, 6) is 1.27. The number of hydrogen-bond acceptors (Lipinski definition) is 1. The molecule has 0 saturated heterocycles. The molecule has 0 spiro atoms. The fourth-order valence-corrected chi connectivity index (χ4v) is 3.08. The highest BCUT2D eigenvalue weighted by Crippen LogP contribution is 2.28. The van der Waals surface area contributed by atoms with E-state index in [2.05, 4.69) is 27.7 Å². The normalized spacial score (nSPS) is 17.2. The first-order valence-electron chi connectivity index (χ1n) is 5.02. The number of hydrogen-bond donors (Lipinski definition) is 0. The second-order valence-corrected chi connectivity index (χ2v) is 5.57. The first-order valence-corrected chi connectivity index (χ1v) is 6.65. The van der Waals surface area contributed by atoms with Crippen LogP contribution in [0.25, 0.3) is 0 Å². The molecular formula is C10H22OP+. The SMILES string of the molecule is CCC(C)C[P+](=O)CC(C)CC. The molecule has 12 heavy (non-hydrogen) atoms. The molecule has 0 aliphatic heterocycles. The third-order valence-electron chi connectivity index (χ3n) is 2.42. The minimum absolute atomic E-state index is 0.637. The highest BCUT2D eigenvalue weighted by atomic mass is 31.1. The smallest absolute Gasteiger partial charge is 0.0748 e. The third-order valence-corrected chi connectivity index (χ3v) is 4.49. The van der Waals surface area contributed by atoms with Crippen LogP contribution >= 0.6 is 7.80 Å². The predicted molar refractivity (Wildman–Crippen MR) is 56.3 cm³/mol. The summed E-state index contributed by atoms with van der Waals surface area (Å²) in [5, 5.41) is 0. The van der Waals surface area contributed by atoms with E-state index in [1.807, 2.05) is 0 Å². The van der Waals surface area contributed by atoms with Crippen molar-refractivity contribution in [3.63, 3.8) is 0 Å². The summed E-state index contributed by atoms with van der Waals surface area (Å²) in [6.45, 7) is 8.70. The van der Waals surface area contributed by atoms with Gasteiger partial charge in [-0.3, -0.25) is 0 Å². The summed E-state index contributed by atoms with van der Waals surface area (Å²) in [5.41, 5.74) is 0. The Morgan fingerprint density at radius 1 is 1.00 bits per heavy atom. The van der Waals surface area contributed by atoms with Gasteiger partial charge in [0.25, 0.3) is 0 Å². The van der Waals surface area contributed by atoms with Crippen molar-refractivity contribution >= 4 is 7.80 Å². The highest BCUT2D eigenvalue weighted by molar-refractivity contribution is 7.44. The fourth-order valence-electron chi connectivity index (χ4n) is 1.03. The zero-order valence-electron chi connectivity index (χ0n) is 8.84. The van der Waals surface area contributed by atoms with Gasteiger partial charge in [0.1, 0.15) is 12.3 Å². The molecule has 72 valence electrons. The van der Waals surface area contributed by atoms with Crippen LogP contribution in [0.15, 0.2) is 0 Å². The van der Waals surface area contributed by atoms with Crippen LogP contribution in [0.1, 0.15) is 40.5 Å². The van der Waals surface area contributed by atoms with E-state index in [4.69, 9.17) is 0 Å². The molecule has 2 atom stereocenters. The molecule has 0 aliphatic carbocycles. The average Bonchev–Trinajstić information content (AvgIpc) is 2.03. The van der Waals surface area contributed by atoms with Crippen LogP contribution in [0.2, 0.25) is 0 Å². The highest BCUT2D eigenvalue weighted by Gasteiger charge is 2.21. The molecule has 0 bridgehead atoms. The van der Waals surface area contributed by atoms with Gasteiger partial charge in [0.15, 0.2) is 0 Å². The molecular weight excluding hydrogens is 167 g/mol.